The minimum Gasteiger partial charge on any atom is -0.443 e. The Hall–Kier alpha value is -3.43. The number of amides is 1. The van der Waals surface area contributed by atoms with Crippen molar-refractivity contribution >= 4 is 39.2 Å². The van der Waals surface area contributed by atoms with Crippen LogP contribution in [0, 0.1) is 0 Å². The molecule has 2 aromatic carbocycles. The molecule has 0 saturated heterocycles. The molecule has 1 unspecified atom stereocenters. The molecule has 0 fully saturated rings. The Morgan fingerprint density at radius 3 is 2.70 bits per heavy atom. The number of benzene rings is 2. The van der Waals surface area contributed by atoms with E-state index in [-0.39, 0.29) is 0 Å². The van der Waals surface area contributed by atoms with Crippen molar-refractivity contribution in [1.82, 2.24) is 9.97 Å². The maximum Gasteiger partial charge on any atom is 0.299 e. The predicted molar refractivity (Wildman–Crippen MR) is 115 cm³/mol. The summed E-state index contributed by atoms with van der Waals surface area (Å²) in [5.41, 5.74) is 2.79. The second kappa shape index (κ2) is 8.52. The first-order chi connectivity index (χ1) is 14.5. The highest BCUT2D eigenvalue weighted by Gasteiger charge is 2.15. The van der Waals surface area contributed by atoms with E-state index in [1.807, 2.05) is 24.3 Å². The zero-order valence-electron chi connectivity index (χ0n) is 15.8. The first-order valence-corrected chi connectivity index (χ1v) is 9.80. The topological polar surface area (TPSA) is 113 Å². The van der Waals surface area contributed by atoms with Crippen LogP contribution in [-0.2, 0) is 4.79 Å². The van der Waals surface area contributed by atoms with Gasteiger partial charge in [0.25, 0.3) is 11.9 Å². The Morgan fingerprint density at radius 1 is 1.13 bits per heavy atom. The molecule has 0 aliphatic heterocycles. The van der Waals surface area contributed by atoms with E-state index >= 15 is 0 Å². The molecule has 0 spiro atoms. The average Bonchev–Trinajstić information content (AvgIpc) is 3.41. The van der Waals surface area contributed by atoms with E-state index < -0.39 is 12.0 Å². The Labute approximate surface area is 180 Å². The molecule has 152 valence electrons. The first-order valence-electron chi connectivity index (χ1n) is 9.01. The number of rotatable bonds is 6. The van der Waals surface area contributed by atoms with Gasteiger partial charge in [-0.05, 0) is 53.2 Å². The van der Waals surface area contributed by atoms with Crippen molar-refractivity contribution in [2.75, 3.05) is 10.6 Å². The summed E-state index contributed by atoms with van der Waals surface area (Å²) < 4.78 is 12.0. The number of nitrogens with one attached hydrogen (secondary N) is 2. The van der Waals surface area contributed by atoms with Crippen molar-refractivity contribution in [2.45, 2.75) is 13.0 Å². The number of hydrogen-bond acceptors (Lipinski definition) is 7. The van der Waals surface area contributed by atoms with Crippen molar-refractivity contribution in [3.8, 4) is 22.6 Å². The number of para-hydroxylation sites is 1. The fourth-order valence-electron chi connectivity index (χ4n) is 2.77. The van der Waals surface area contributed by atoms with Crippen LogP contribution in [0.4, 0.5) is 17.4 Å². The lowest BCUT2D eigenvalue weighted by Crippen LogP contribution is -2.24. The molecule has 8 nitrogen and oxygen atoms in total. The van der Waals surface area contributed by atoms with E-state index in [1.165, 1.54) is 13.3 Å². The van der Waals surface area contributed by atoms with Gasteiger partial charge in [0, 0.05) is 21.3 Å². The van der Waals surface area contributed by atoms with Crippen LogP contribution >= 0.6 is 15.9 Å². The quantitative estimate of drug-likeness (QED) is 0.371. The number of carbonyl (C=O) groups is 1. The lowest BCUT2D eigenvalue weighted by atomic mass is 10.1. The number of carbonyl (C=O) groups excluding carboxylic acids is 1. The van der Waals surface area contributed by atoms with Gasteiger partial charge in [0.2, 0.25) is 0 Å². The molecule has 4 aromatic rings. The van der Waals surface area contributed by atoms with E-state index in [0.29, 0.717) is 28.8 Å². The molecular weight excluding hydrogens is 452 g/mol. The lowest BCUT2D eigenvalue weighted by Gasteiger charge is -2.10. The molecule has 2 heterocycles. The highest BCUT2D eigenvalue weighted by atomic mass is 79.9. The van der Waals surface area contributed by atoms with Gasteiger partial charge in [0.05, 0.1) is 18.1 Å². The van der Waals surface area contributed by atoms with Gasteiger partial charge in [0.15, 0.2) is 17.9 Å². The SMILES string of the molecule is CC(O)C(=O)Nc1ccccc1-c1cnc(Nc2ccc(-c3cnco3)c(Br)c2)o1. The first kappa shape index (κ1) is 19.9. The summed E-state index contributed by atoms with van der Waals surface area (Å²) in [6, 6.07) is 13.0. The van der Waals surface area contributed by atoms with Crippen LogP contribution in [0.2, 0.25) is 0 Å². The van der Waals surface area contributed by atoms with Crippen molar-refractivity contribution in [3.05, 3.63) is 65.7 Å². The Morgan fingerprint density at radius 2 is 1.97 bits per heavy atom. The molecule has 0 radical (unpaired) electrons. The predicted octanol–water partition coefficient (Wildman–Crippen LogP) is 4.82. The Kier molecular flexibility index (Phi) is 5.64. The highest BCUT2D eigenvalue weighted by molar-refractivity contribution is 9.10. The number of anilines is 3. The van der Waals surface area contributed by atoms with Gasteiger partial charge in [-0.3, -0.25) is 4.79 Å². The summed E-state index contributed by atoms with van der Waals surface area (Å²) in [5.74, 6) is 0.621. The van der Waals surface area contributed by atoms with Crippen LogP contribution in [0.5, 0.6) is 0 Å². The molecule has 0 bridgehead atoms. The van der Waals surface area contributed by atoms with Crippen molar-refractivity contribution in [2.24, 2.45) is 0 Å². The fraction of sp³-hybridized carbons (Fsp3) is 0.0952. The van der Waals surface area contributed by atoms with Gasteiger partial charge < -0.3 is 24.6 Å². The maximum absolute atomic E-state index is 11.9. The van der Waals surface area contributed by atoms with Crippen LogP contribution in [0.15, 0.2) is 74.6 Å². The second-order valence-electron chi connectivity index (χ2n) is 6.43. The van der Waals surface area contributed by atoms with Gasteiger partial charge in [-0.1, -0.05) is 12.1 Å². The molecule has 9 heteroatoms. The highest BCUT2D eigenvalue weighted by Crippen LogP contribution is 2.33. The van der Waals surface area contributed by atoms with Crippen LogP contribution in [0.3, 0.4) is 0 Å². The number of halogens is 1. The zero-order chi connectivity index (χ0) is 21.1. The molecule has 1 amide bonds. The summed E-state index contributed by atoms with van der Waals surface area (Å²) in [4.78, 5) is 20.0. The van der Waals surface area contributed by atoms with Crippen LogP contribution in [0.1, 0.15) is 6.92 Å². The molecule has 1 atom stereocenters. The van der Waals surface area contributed by atoms with E-state index in [2.05, 4.69) is 36.5 Å². The Bertz CT molecular complexity index is 1170. The standard InChI is InChI=1S/C21H17BrN4O4/c1-12(27)20(28)26-17-5-3-2-4-15(17)19-10-24-21(30-19)25-13-6-7-14(16(22)8-13)18-9-23-11-29-18/h2-12,27H,1H3,(H,24,25)(H,26,28). The lowest BCUT2D eigenvalue weighted by molar-refractivity contribution is -0.123. The molecule has 0 saturated carbocycles. The third-order valence-corrected chi connectivity index (χ3v) is 4.91. The number of oxazole rings is 2. The summed E-state index contributed by atoms with van der Waals surface area (Å²) in [5, 5.41) is 15.2. The van der Waals surface area contributed by atoms with Crippen LogP contribution in [-0.4, -0.2) is 27.1 Å². The number of aliphatic hydroxyl groups is 1. The van der Waals surface area contributed by atoms with Gasteiger partial charge in [-0.15, -0.1) is 0 Å². The molecule has 0 aliphatic rings. The summed E-state index contributed by atoms with van der Waals surface area (Å²) >= 11 is 3.53. The third kappa shape index (κ3) is 4.27. The van der Waals surface area contributed by atoms with E-state index in [0.717, 1.165) is 15.7 Å². The molecule has 4 rings (SSSR count). The van der Waals surface area contributed by atoms with E-state index in [4.69, 9.17) is 8.83 Å². The van der Waals surface area contributed by atoms with Gasteiger partial charge in [-0.25, -0.2) is 9.97 Å². The minimum atomic E-state index is -1.12. The molecular formula is C21H17BrN4O4. The second-order valence-corrected chi connectivity index (χ2v) is 7.28. The largest absolute Gasteiger partial charge is 0.443 e. The zero-order valence-corrected chi connectivity index (χ0v) is 17.4. The van der Waals surface area contributed by atoms with Crippen LogP contribution < -0.4 is 10.6 Å². The number of nitrogens with zero attached hydrogens (tertiary/aromatic N) is 2. The molecule has 3 N–H and O–H groups in total. The summed E-state index contributed by atoms with van der Waals surface area (Å²) in [7, 11) is 0. The number of aromatic nitrogens is 2. The Balaban J connectivity index is 1.54. The summed E-state index contributed by atoms with van der Waals surface area (Å²) in [6.45, 7) is 1.40. The number of aliphatic hydroxyl groups excluding tert-OH is 1. The van der Waals surface area contributed by atoms with Gasteiger partial charge in [-0.2, -0.15) is 0 Å². The molecule has 0 aliphatic carbocycles. The maximum atomic E-state index is 11.9. The van der Waals surface area contributed by atoms with Gasteiger partial charge in [0.1, 0.15) is 6.10 Å². The average molecular weight is 469 g/mol. The smallest absolute Gasteiger partial charge is 0.299 e. The normalized spacial score (nSPS) is 11.8. The van der Waals surface area contributed by atoms with Gasteiger partial charge >= 0.3 is 0 Å². The van der Waals surface area contributed by atoms with E-state index in [9.17, 15) is 9.90 Å². The number of hydrogen-bond donors (Lipinski definition) is 3. The molecule has 2 aromatic heterocycles. The third-order valence-electron chi connectivity index (χ3n) is 4.25. The van der Waals surface area contributed by atoms with Crippen LogP contribution in [0.25, 0.3) is 22.6 Å². The molecule has 30 heavy (non-hydrogen) atoms. The summed E-state index contributed by atoms with van der Waals surface area (Å²) in [6.07, 6.45) is 3.46. The van der Waals surface area contributed by atoms with Crippen molar-refractivity contribution in [1.29, 1.82) is 0 Å². The minimum absolute atomic E-state index is 0.293. The van der Waals surface area contributed by atoms with Crippen molar-refractivity contribution < 1.29 is 18.7 Å². The van der Waals surface area contributed by atoms with Crippen molar-refractivity contribution in [3.63, 3.8) is 0 Å². The van der Waals surface area contributed by atoms with E-state index in [1.54, 1.807) is 30.6 Å². The fourth-order valence-corrected chi connectivity index (χ4v) is 3.34. The monoisotopic (exact) mass is 468 g/mol.